The van der Waals surface area contributed by atoms with Gasteiger partial charge in [-0.3, -0.25) is 4.40 Å². The van der Waals surface area contributed by atoms with Gasteiger partial charge in [0, 0.05) is 5.02 Å². The van der Waals surface area contributed by atoms with Crippen molar-refractivity contribution in [2.45, 2.75) is 6.61 Å². The number of aromatic nitrogens is 2. The lowest BCUT2D eigenvalue weighted by atomic mass is 10.3. The number of aromatic hydroxyl groups is 1. The third kappa shape index (κ3) is 2.56. The van der Waals surface area contributed by atoms with Gasteiger partial charge in [0.1, 0.15) is 12.4 Å². The van der Waals surface area contributed by atoms with Crippen molar-refractivity contribution in [3.63, 3.8) is 0 Å². The van der Waals surface area contributed by atoms with Crippen LogP contribution in [0.5, 0.6) is 11.6 Å². The van der Waals surface area contributed by atoms with E-state index in [2.05, 4.69) is 4.98 Å². The normalized spacial score (nSPS) is 10.8. The van der Waals surface area contributed by atoms with Crippen LogP contribution in [0, 0.1) is 0 Å². The second-order valence-corrected chi connectivity index (χ2v) is 4.97. The molecular formula is C15H11ClN2O4. The summed E-state index contributed by atoms with van der Waals surface area (Å²) >= 11 is 5.80. The highest BCUT2D eigenvalue weighted by atomic mass is 35.5. The third-order valence-electron chi connectivity index (χ3n) is 3.10. The van der Waals surface area contributed by atoms with E-state index in [4.69, 9.17) is 16.3 Å². The average molecular weight is 319 g/mol. The number of carboxylic acid groups (broad SMARTS) is 1. The number of pyridine rings is 1. The first-order chi connectivity index (χ1) is 10.6. The molecule has 2 heterocycles. The van der Waals surface area contributed by atoms with Gasteiger partial charge in [-0.1, -0.05) is 17.7 Å². The lowest BCUT2D eigenvalue weighted by molar-refractivity contribution is 0.0693. The summed E-state index contributed by atoms with van der Waals surface area (Å²) in [6, 6.07) is 11.3. The van der Waals surface area contributed by atoms with Crippen molar-refractivity contribution in [1.29, 1.82) is 0 Å². The fourth-order valence-electron chi connectivity index (χ4n) is 2.12. The maximum Gasteiger partial charge on any atom is 0.356 e. The van der Waals surface area contributed by atoms with E-state index in [1.54, 1.807) is 36.4 Å². The lowest BCUT2D eigenvalue weighted by Gasteiger charge is -2.06. The molecular weight excluding hydrogens is 308 g/mol. The maximum absolute atomic E-state index is 11.2. The van der Waals surface area contributed by atoms with Gasteiger partial charge in [-0.25, -0.2) is 9.78 Å². The van der Waals surface area contributed by atoms with Crippen molar-refractivity contribution in [3.05, 3.63) is 59.0 Å². The summed E-state index contributed by atoms with van der Waals surface area (Å²) in [5, 5.41) is 19.7. The fraction of sp³-hybridized carbons (Fsp3) is 0.0667. The number of rotatable bonds is 4. The summed E-state index contributed by atoms with van der Waals surface area (Å²) in [5.41, 5.74) is 0.174. The minimum atomic E-state index is -1.17. The lowest BCUT2D eigenvalue weighted by Crippen LogP contribution is -2.02. The Kier molecular flexibility index (Phi) is 3.60. The Balaban J connectivity index is 1.96. The smallest absolute Gasteiger partial charge is 0.356 e. The summed E-state index contributed by atoms with van der Waals surface area (Å²) in [7, 11) is 0. The Labute approximate surface area is 130 Å². The van der Waals surface area contributed by atoms with Crippen LogP contribution in [0.4, 0.5) is 0 Å². The van der Waals surface area contributed by atoms with E-state index in [-0.39, 0.29) is 18.2 Å². The molecule has 0 aliphatic heterocycles. The molecule has 0 spiro atoms. The molecule has 7 heteroatoms. The van der Waals surface area contributed by atoms with Gasteiger partial charge in [0.2, 0.25) is 0 Å². The van der Waals surface area contributed by atoms with Crippen LogP contribution < -0.4 is 4.74 Å². The quantitative estimate of drug-likeness (QED) is 0.772. The zero-order valence-electron chi connectivity index (χ0n) is 11.2. The first kappa shape index (κ1) is 14.2. The van der Waals surface area contributed by atoms with Gasteiger partial charge in [-0.2, -0.15) is 0 Å². The van der Waals surface area contributed by atoms with Crippen LogP contribution in [0.1, 0.15) is 16.3 Å². The monoisotopic (exact) mass is 318 g/mol. The standard InChI is InChI=1S/C15H11ClN2O4/c16-9-4-6-10(7-5-9)22-8-12-17-14(15(20)21)11-2-1-3-13(19)18(11)12/h1-7,19H,8H2,(H,20,21). The van der Waals surface area contributed by atoms with Crippen molar-refractivity contribution in [1.82, 2.24) is 9.38 Å². The molecule has 0 saturated carbocycles. The van der Waals surface area contributed by atoms with E-state index in [0.717, 1.165) is 0 Å². The van der Waals surface area contributed by atoms with E-state index in [1.165, 1.54) is 10.5 Å². The Morgan fingerprint density at radius 1 is 1.23 bits per heavy atom. The zero-order valence-corrected chi connectivity index (χ0v) is 12.0. The minimum Gasteiger partial charge on any atom is -0.494 e. The molecule has 2 aromatic heterocycles. The van der Waals surface area contributed by atoms with Crippen LogP contribution in [0.3, 0.4) is 0 Å². The van der Waals surface area contributed by atoms with Crippen LogP contribution in [-0.4, -0.2) is 25.6 Å². The number of imidazole rings is 1. The topological polar surface area (TPSA) is 84.1 Å². The highest BCUT2D eigenvalue weighted by Crippen LogP contribution is 2.22. The number of carbonyl (C=O) groups is 1. The van der Waals surface area contributed by atoms with Crippen LogP contribution in [0.25, 0.3) is 5.52 Å². The molecule has 2 N–H and O–H groups in total. The number of hydrogen-bond acceptors (Lipinski definition) is 4. The molecule has 0 saturated heterocycles. The molecule has 0 fully saturated rings. The van der Waals surface area contributed by atoms with Gasteiger partial charge in [0.05, 0.1) is 5.52 Å². The zero-order chi connectivity index (χ0) is 15.7. The summed E-state index contributed by atoms with van der Waals surface area (Å²) in [6.07, 6.45) is 0. The summed E-state index contributed by atoms with van der Waals surface area (Å²) < 4.78 is 6.90. The molecule has 0 unspecified atom stereocenters. The van der Waals surface area contributed by atoms with Gasteiger partial charge in [0.15, 0.2) is 17.4 Å². The molecule has 3 aromatic rings. The molecule has 0 radical (unpaired) electrons. The van der Waals surface area contributed by atoms with Crippen LogP contribution in [0.15, 0.2) is 42.5 Å². The summed E-state index contributed by atoms with van der Waals surface area (Å²) in [6.45, 7) is 0.00759. The number of carboxylic acids is 1. The maximum atomic E-state index is 11.2. The second kappa shape index (κ2) is 5.57. The van der Waals surface area contributed by atoms with Gasteiger partial charge in [0.25, 0.3) is 0 Å². The van der Waals surface area contributed by atoms with Crippen LogP contribution in [0.2, 0.25) is 5.02 Å². The number of halogens is 1. The van der Waals surface area contributed by atoms with Crippen molar-refractivity contribution in [3.8, 4) is 11.6 Å². The number of hydrogen-bond donors (Lipinski definition) is 2. The highest BCUT2D eigenvalue weighted by molar-refractivity contribution is 6.30. The highest BCUT2D eigenvalue weighted by Gasteiger charge is 2.18. The fourth-order valence-corrected chi connectivity index (χ4v) is 2.25. The molecule has 0 amide bonds. The van der Waals surface area contributed by atoms with E-state index >= 15 is 0 Å². The predicted molar refractivity (Wildman–Crippen MR) is 79.6 cm³/mol. The van der Waals surface area contributed by atoms with Gasteiger partial charge < -0.3 is 14.9 Å². The molecule has 112 valence electrons. The molecule has 6 nitrogen and oxygen atoms in total. The molecule has 0 aliphatic rings. The number of benzene rings is 1. The minimum absolute atomic E-state index is 0.00759. The third-order valence-corrected chi connectivity index (χ3v) is 3.35. The van der Waals surface area contributed by atoms with Crippen molar-refractivity contribution < 1.29 is 19.7 Å². The van der Waals surface area contributed by atoms with E-state index < -0.39 is 5.97 Å². The Morgan fingerprint density at radius 3 is 2.64 bits per heavy atom. The number of nitrogens with zero attached hydrogens (tertiary/aromatic N) is 2. The predicted octanol–water partition coefficient (Wildman–Crippen LogP) is 2.97. The van der Waals surface area contributed by atoms with Crippen LogP contribution in [-0.2, 0) is 6.61 Å². The molecule has 22 heavy (non-hydrogen) atoms. The number of ether oxygens (including phenoxy) is 1. The Hall–Kier alpha value is -2.73. The summed E-state index contributed by atoms with van der Waals surface area (Å²) in [5.74, 6) is -0.415. The average Bonchev–Trinajstić information content (AvgIpc) is 2.87. The van der Waals surface area contributed by atoms with Crippen molar-refractivity contribution in [2.75, 3.05) is 0 Å². The molecule has 1 aromatic carbocycles. The Morgan fingerprint density at radius 2 is 1.95 bits per heavy atom. The van der Waals surface area contributed by atoms with Gasteiger partial charge in [-0.15, -0.1) is 0 Å². The molecule has 0 bridgehead atoms. The Bertz CT molecular complexity index is 843. The number of aromatic carboxylic acids is 1. The first-order valence-corrected chi connectivity index (χ1v) is 6.75. The molecule has 3 rings (SSSR count). The largest absolute Gasteiger partial charge is 0.494 e. The van der Waals surface area contributed by atoms with Crippen molar-refractivity contribution >= 4 is 23.1 Å². The van der Waals surface area contributed by atoms with Crippen molar-refractivity contribution in [2.24, 2.45) is 0 Å². The summed E-state index contributed by atoms with van der Waals surface area (Å²) in [4.78, 5) is 15.3. The van der Waals surface area contributed by atoms with E-state index in [0.29, 0.717) is 22.1 Å². The van der Waals surface area contributed by atoms with Gasteiger partial charge >= 0.3 is 5.97 Å². The van der Waals surface area contributed by atoms with Gasteiger partial charge in [-0.05, 0) is 36.4 Å². The first-order valence-electron chi connectivity index (χ1n) is 6.37. The van der Waals surface area contributed by atoms with Crippen LogP contribution >= 0.6 is 11.6 Å². The van der Waals surface area contributed by atoms with E-state index in [9.17, 15) is 15.0 Å². The number of fused-ring (bicyclic) bond motifs is 1. The van der Waals surface area contributed by atoms with E-state index in [1.807, 2.05) is 0 Å². The molecule has 0 atom stereocenters. The SMILES string of the molecule is O=C(O)c1nc(COc2ccc(Cl)cc2)n2c(O)cccc12. The second-order valence-electron chi connectivity index (χ2n) is 4.53. The molecule has 0 aliphatic carbocycles.